The van der Waals surface area contributed by atoms with E-state index in [1.165, 1.54) is 4.90 Å². The predicted octanol–water partition coefficient (Wildman–Crippen LogP) is 3.35. The van der Waals surface area contributed by atoms with Crippen LogP contribution in [-0.2, 0) is 14.3 Å². The fourth-order valence-electron chi connectivity index (χ4n) is 3.55. The lowest BCUT2D eigenvalue weighted by Crippen LogP contribution is -2.47. The molecule has 1 aliphatic rings. The van der Waals surface area contributed by atoms with E-state index in [2.05, 4.69) is 0 Å². The largest absolute Gasteiger partial charge is 0.497 e. The number of likely N-dealkylation sites (N-methyl/N-ethyl adjacent to an activating group) is 1. The molecule has 0 saturated heterocycles. The predicted molar refractivity (Wildman–Crippen MR) is 110 cm³/mol. The highest BCUT2D eigenvalue weighted by molar-refractivity contribution is 5.95. The molecular formula is C22H26N2O5. The molecular weight excluding hydrogens is 372 g/mol. The average Bonchev–Trinajstić information content (AvgIpc) is 2.73. The minimum absolute atomic E-state index is 0.151. The van der Waals surface area contributed by atoms with Crippen molar-refractivity contribution in [2.45, 2.75) is 13.0 Å². The average molecular weight is 398 g/mol. The van der Waals surface area contributed by atoms with Gasteiger partial charge in [-0.2, -0.15) is 0 Å². The van der Waals surface area contributed by atoms with Crippen LogP contribution in [-0.4, -0.2) is 63.3 Å². The van der Waals surface area contributed by atoms with E-state index in [0.29, 0.717) is 17.9 Å². The molecule has 7 nitrogen and oxygen atoms in total. The number of benzene rings is 2. The highest BCUT2D eigenvalue weighted by Gasteiger charge is 2.39. The summed E-state index contributed by atoms with van der Waals surface area (Å²) in [7, 11) is 6.52. The first-order valence-electron chi connectivity index (χ1n) is 9.34. The summed E-state index contributed by atoms with van der Waals surface area (Å²) in [5, 5.41) is 2.01. The summed E-state index contributed by atoms with van der Waals surface area (Å²) in [6.07, 6.45) is 0. The maximum Gasteiger partial charge on any atom is 0.338 e. The number of hydrogen-bond donors (Lipinski definition) is 0. The quantitative estimate of drug-likeness (QED) is 0.551. The minimum atomic E-state index is -0.541. The first-order valence-corrected chi connectivity index (χ1v) is 9.34. The van der Waals surface area contributed by atoms with Crippen molar-refractivity contribution >= 4 is 22.8 Å². The van der Waals surface area contributed by atoms with Crippen LogP contribution in [0.25, 0.3) is 10.8 Å². The highest BCUT2D eigenvalue weighted by atomic mass is 16.6. The third-order valence-corrected chi connectivity index (χ3v) is 5.27. The highest BCUT2D eigenvalue weighted by Crippen LogP contribution is 2.37. The van der Waals surface area contributed by atoms with Crippen LogP contribution >= 0.6 is 0 Å². The van der Waals surface area contributed by atoms with Crippen molar-refractivity contribution in [3.05, 3.63) is 53.2 Å². The van der Waals surface area contributed by atoms with Crippen LogP contribution < -0.4 is 4.74 Å². The lowest BCUT2D eigenvalue weighted by molar-refractivity contribution is -0.141. The van der Waals surface area contributed by atoms with Gasteiger partial charge in [0.1, 0.15) is 12.4 Å². The molecule has 7 heteroatoms. The monoisotopic (exact) mass is 398 g/mol. The number of hydrogen-bond acceptors (Lipinski definition) is 5. The third-order valence-electron chi connectivity index (χ3n) is 5.27. The van der Waals surface area contributed by atoms with E-state index < -0.39 is 12.0 Å². The molecule has 1 heterocycles. The molecule has 0 spiro atoms. The van der Waals surface area contributed by atoms with Gasteiger partial charge in [-0.15, -0.1) is 0 Å². The Hall–Kier alpha value is -3.06. The van der Waals surface area contributed by atoms with E-state index in [9.17, 15) is 9.59 Å². The Morgan fingerprint density at radius 3 is 2.41 bits per heavy atom. The maximum absolute atomic E-state index is 12.9. The molecule has 0 radical (unpaired) electrons. The van der Waals surface area contributed by atoms with Gasteiger partial charge in [0.2, 0.25) is 0 Å². The Morgan fingerprint density at radius 2 is 1.72 bits per heavy atom. The van der Waals surface area contributed by atoms with Crippen LogP contribution in [0.5, 0.6) is 5.75 Å². The second kappa shape index (κ2) is 8.53. The summed E-state index contributed by atoms with van der Waals surface area (Å²) in [5.74, 6) is 0.320. The van der Waals surface area contributed by atoms with Crippen molar-refractivity contribution < 1.29 is 23.8 Å². The number of fused-ring (bicyclic) bond motifs is 1. The fourth-order valence-corrected chi connectivity index (χ4v) is 3.55. The van der Waals surface area contributed by atoms with Crippen LogP contribution in [0.1, 0.15) is 18.5 Å². The molecule has 0 aliphatic carbocycles. The first-order chi connectivity index (χ1) is 13.9. The summed E-state index contributed by atoms with van der Waals surface area (Å²) in [4.78, 5) is 28.6. The van der Waals surface area contributed by atoms with Crippen LogP contribution in [0.2, 0.25) is 0 Å². The van der Waals surface area contributed by atoms with E-state index in [1.807, 2.05) is 36.4 Å². The summed E-state index contributed by atoms with van der Waals surface area (Å²) in [6.45, 7) is 2.22. The Bertz CT molecular complexity index is 969. The van der Waals surface area contributed by atoms with Crippen LogP contribution in [0.3, 0.4) is 0 Å². The van der Waals surface area contributed by atoms with Gasteiger partial charge in [-0.05, 0) is 41.5 Å². The van der Waals surface area contributed by atoms with Crippen molar-refractivity contribution in [1.29, 1.82) is 0 Å². The summed E-state index contributed by atoms with van der Waals surface area (Å²) >= 11 is 0. The van der Waals surface area contributed by atoms with Crippen molar-refractivity contribution in [2.24, 2.45) is 0 Å². The third kappa shape index (κ3) is 3.91. The summed E-state index contributed by atoms with van der Waals surface area (Å²) in [6, 6.07) is 11.0. The van der Waals surface area contributed by atoms with Crippen molar-refractivity contribution in [1.82, 2.24) is 9.80 Å². The minimum Gasteiger partial charge on any atom is -0.497 e. The van der Waals surface area contributed by atoms with Gasteiger partial charge in [-0.3, -0.25) is 0 Å². The number of esters is 1. The standard InChI is InChI=1S/C22H26N2O5/c1-14-19(21(25)29-11-10-27-4)20(24(3)22(26)23(14)2)17-7-6-16-13-18(28-5)9-8-15(16)12-17/h6-9,12-13,20H,10-11H2,1-5H3/t20-/m0/s1. The van der Waals surface area contributed by atoms with Gasteiger partial charge in [-0.1, -0.05) is 18.2 Å². The molecule has 0 unspecified atom stereocenters. The van der Waals surface area contributed by atoms with Crippen molar-refractivity contribution in [2.75, 3.05) is 41.5 Å². The fraction of sp³-hybridized carbons (Fsp3) is 0.364. The Balaban J connectivity index is 2.06. The number of allylic oxidation sites excluding steroid dienone is 1. The number of ether oxygens (including phenoxy) is 3. The summed E-state index contributed by atoms with van der Waals surface area (Å²) < 4.78 is 15.6. The number of rotatable bonds is 6. The second-order valence-corrected chi connectivity index (χ2v) is 6.96. The van der Waals surface area contributed by atoms with E-state index in [0.717, 1.165) is 22.1 Å². The lowest BCUT2D eigenvalue weighted by Gasteiger charge is -2.39. The number of carbonyl (C=O) groups is 2. The SMILES string of the molecule is COCCOC(=O)C1=C(C)N(C)C(=O)N(C)[C@H]1c1ccc2cc(OC)ccc2c1. The molecule has 2 aromatic rings. The molecule has 0 aromatic heterocycles. The van der Waals surface area contributed by atoms with Gasteiger partial charge in [0.05, 0.1) is 25.3 Å². The van der Waals surface area contributed by atoms with Gasteiger partial charge in [-0.25, -0.2) is 9.59 Å². The van der Waals surface area contributed by atoms with Crippen LogP contribution in [0.15, 0.2) is 47.7 Å². The van der Waals surface area contributed by atoms with E-state index >= 15 is 0 Å². The molecule has 1 aliphatic heterocycles. The van der Waals surface area contributed by atoms with Gasteiger partial charge < -0.3 is 24.0 Å². The van der Waals surface area contributed by atoms with Gasteiger partial charge in [0, 0.05) is 26.9 Å². The van der Waals surface area contributed by atoms with Crippen molar-refractivity contribution in [3.8, 4) is 5.75 Å². The second-order valence-electron chi connectivity index (χ2n) is 6.96. The zero-order valence-corrected chi connectivity index (χ0v) is 17.4. The maximum atomic E-state index is 12.9. The normalized spacial score (nSPS) is 17.1. The van der Waals surface area contributed by atoms with Gasteiger partial charge in [0.15, 0.2) is 0 Å². The molecule has 2 amide bonds. The van der Waals surface area contributed by atoms with E-state index in [4.69, 9.17) is 14.2 Å². The zero-order valence-electron chi connectivity index (χ0n) is 17.4. The molecule has 3 rings (SSSR count). The van der Waals surface area contributed by atoms with E-state index in [-0.39, 0.29) is 12.6 Å². The number of urea groups is 1. The zero-order chi connectivity index (χ0) is 21.1. The molecule has 0 N–H and O–H groups in total. The van der Waals surface area contributed by atoms with Crippen LogP contribution in [0.4, 0.5) is 4.79 Å². The lowest BCUT2D eigenvalue weighted by atomic mass is 9.92. The van der Waals surface area contributed by atoms with E-state index in [1.54, 1.807) is 40.1 Å². The smallest absolute Gasteiger partial charge is 0.338 e. The molecule has 0 fully saturated rings. The topological polar surface area (TPSA) is 68.3 Å². The first kappa shape index (κ1) is 20.7. The number of carbonyl (C=O) groups excluding carboxylic acids is 2. The molecule has 29 heavy (non-hydrogen) atoms. The van der Waals surface area contributed by atoms with Crippen molar-refractivity contribution in [3.63, 3.8) is 0 Å². The Labute approximate surface area is 170 Å². The Morgan fingerprint density at radius 1 is 1.03 bits per heavy atom. The van der Waals surface area contributed by atoms with Gasteiger partial charge in [0.25, 0.3) is 0 Å². The number of methoxy groups -OCH3 is 2. The van der Waals surface area contributed by atoms with Gasteiger partial charge >= 0.3 is 12.0 Å². The van der Waals surface area contributed by atoms with Crippen LogP contribution in [0, 0.1) is 0 Å². The Kier molecular flexibility index (Phi) is 6.08. The molecule has 1 atom stereocenters. The summed E-state index contributed by atoms with van der Waals surface area (Å²) in [5.41, 5.74) is 1.86. The number of nitrogens with zero attached hydrogens (tertiary/aromatic N) is 2. The number of amides is 2. The molecule has 2 aromatic carbocycles. The molecule has 154 valence electrons. The molecule has 0 saturated carbocycles. The molecule has 0 bridgehead atoms.